The number of nitrogens with two attached hydrogens (primary N) is 1. The molecule has 0 unspecified atom stereocenters. The zero-order valence-electron chi connectivity index (χ0n) is 8.95. The summed E-state index contributed by atoms with van der Waals surface area (Å²) in [6.07, 6.45) is 1.44. The Hall–Kier alpha value is -1.52. The summed E-state index contributed by atoms with van der Waals surface area (Å²) in [4.78, 5) is 8.20. The third kappa shape index (κ3) is 2.28. The molecule has 0 radical (unpaired) electrons. The maximum Gasteiger partial charge on any atom is 0.242 e. The molecule has 0 saturated heterocycles. The first-order chi connectivity index (χ1) is 8.13. The third-order valence-electron chi connectivity index (χ3n) is 2.16. The molecule has 0 atom stereocenters. The molecule has 0 amide bonds. The number of halogens is 2. The van der Waals surface area contributed by atoms with Crippen molar-refractivity contribution < 1.29 is 4.74 Å². The van der Waals surface area contributed by atoms with Gasteiger partial charge in [0.15, 0.2) is 0 Å². The van der Waals surface area contributed by atoms with Crippen LogP contribution < -0.4 is 10.5 Å². The van der Waals surface area contributed by atoms with Crippen LogP contribution in [0.1, 0.15) is 0 Å². The quantitative estimate of drug-likeness (QED) is 0.911. The zero-order valence-corrected chi connectivity index (χ0v) is 10.5. The van der Waals surface area contributed by atoms with Gasteiger partial charge in [0.25, 0.3) is 0 Å². The minimum atomic E-state index is 0.281. The van der Waals surface area contributed by atoms with E-state index in [-0.39, 0.29) is 5.82 Å². The molecule has 0 aliphatic heterocycles. The van der Waals surface area contributed by atoms with Gasteiger partial charge in [-0.1, -0.05) is 35.3 Å². The Kier molecular flexibility index (Phi) is 3.36. The number of aromatic nitrogens is 2. The van der Waals surface area contributed by atoms with Gasteiger partial charge in [-0.25, -0.2) is 4.98 Å². The summed E-state index contributed by atoms with van der Waals surface area (Å²) in [5.74, 6) is 0.595. The van der Waals surface area contributed by atoms with Gasteiger partial charge in [0.1, 0.15) is 11.5 Å². The number of nitrogen functional groups attached to an aromatic ring is 1. The van der Waals surface area contributed by atoms with Crippen LogP contribution >= 0.6 is 23.2 Å². The normalized spacial score (nSPS) is 10.3. The van der Waals surface area contributed by atoms with Crippen molar-refractivity contribution in [2.45, 2.75) is 0 Å². The van der Waals surface area contributed by atoms with E-state index in [1.807, 2.05) is 0 Å². The Morgan fingerprint density at radius 2 is 2.06 bits per heavy atom. The van der Waals surface area contributed by atoms with E-state index in [4.69, 9.17) is 33.7 Å². The molecule has 1 aromatic carbocycles. The number of anilines is 1. The summed E-state index contributed by atoms with van der Waals surface area (Å²) in [6, 6.07) is 5.27. The smallest absolute Gasteiger partial charge is 0.242 e. The zero-order chi connectivity index (χ0) is 12.4. The molecule has 88 valence electrons. The van der Waals surface area contributed by atoms with E-state index < -0.39 is 0 Å². The Labute approximate surface area is 108 Å². The summed E-state index contributed by atoms with van der Waals surface area (Å²) in [6.45, 7) is 0. The van der Waals surface area contributed by atoms with Crippen LogP contribution in [0.15, 0.2) is 24.4 Å². The highest BCUT2D eigenvalue weighted by atomic mass is 35.5. The van der Waals surface area contributed by atoms with E-state index >= 15 is 0 Å². The van der Waals surface area contributed by atoms with Crippen molar-refractivity contribution in [3.05, 3.63) is 34.4 Å². The van der Waals surface area contributed by atoms with E-state index in [1.165, 1.54) is 13.3 Å². The van der Waals surface area contributed by atoms with E-state index in [0.717, 1.165) is 0 Å². The fourth-order valence-corrected chi connectivity index (χ4v) is 1.79. The van der Waals surface area contributed by atoms with Crippen molar-refractivity contribution in [2.75, 3.05) is 12.8 Å². The minimum Gasteiger partial charge on any atom is -0.479 e. The topological polar surface area (TPSA) is 61.0 Å². The Bertz CT molecular complexity index is 560. The van der Waals surface area contributed by atoms with E-state index in [1.54, 1.807) is 18.2 Å². The predicted octanol–water partition coefficient (Wildman–Crippen LogP) is 3.04. The molecule has 0 saturated carbocycles. The number of nitrogens with zero attached hydrogens (tertiary/aromatic N) is 2. The van der Waals surface area contributed by atoms with E-state index in [0.29, 0.717) is 27.2 Å². The van der Waals surface area contributed by atoms with E-state index in [2.05, 4.69) is 9.97 Å². The SMILES string of the molecule is COc1nc(N)cnc1-c1cccc(Cl)c1Cl. The molecular weight excluding hydrogens is 261 g/mol. The molecule has 1 heterocycles. The highest BCUT2D eigenvalue weighted by Gasteiger charge is 2.14. The first kappa shape index (κ1) is 12.0. The molecule has 0 spiro atoms. The molecular formula is C11H9Cl2N3O. The number of ether oxygens (including phenoxy) is 1. The second-order valence-corrected chi connectivity index (χ2v) is 4.04. The highest BCUT2D eigenvalue weighted by Crippen LogP contribution is 2.36. The lowest BCUT2D eigenvalue weighted by Crippen LogP contribution is -1.99. The van der Waals surface area contributed by atoms with Gasteiger partial charge in [-0.3, -0.25) is 0 Å². The molecule has 17 heavy (non-hydrogen) atoms. The number of rotatable bonds is 2. The molecule has 0 aliphatic carbocycles. The van der Waals surface area contributed by atoms with Gasteiger partial charge in [-0.2, -0.15) is 4.98 Å². The molecule has 2 rings (SSSR count). The fourth-order valence-electron chi connectivity index (χ4n) is 1.40. The van der Waals surface area contributed by atoms with Crippen molar-refractivity contribution in [1.29, 1.82) is 0 Å². The Balaban J connectivity index is 2.64. The van der Waals surface area contributed by atoms with Gasteiger partial charge in [0.05, 0.1) is 23.4 Å². The summed E-state index contributed by atoms with van der Waals surface area (Å²) in [5.41, 5.74) is 6.70. The average Bonchev–Trinajstić information content (AvgIpc) is 2.33. The standard InChI is InChI=1S/C11H9Cl2N3O/c1-17-11-10(15-5-8(14)16-11)6-3-2-4-7(12)9(6)13/h2-5H,1H3,(H2,14,16). The summed E-state index contributed by atoms with van der Waals surface area (Å²) < 4.78 is 5.12. The second-order valence-electron chi connectivity index (χ2n) is 3.25. The summed E-state index contributed by atoms with van der Waals surface area (Å²) >= 11 is 12.1. The van der Waals surface area contributed by atoms with Crippen molar-refractivity contribution in [3.8, 4) is 17.1 Å². The van der Waals surface area contributed by atoms with Crippen LogP contribution in [0.3, 0.4) is 0 Å². The van der Waals surface area contributed by atoms with Crippen LogP contribution in [0, 0.1) is 0 Å². The number of benzene rings is 1. The molecule has 0 aliphatic rings. The van der Waals surface area contributed by atoms with Crippen LogP contribution in [0.2, 0.25) is 10.0 Å². The molecule has 0 bridgehead atoms. The maximum absolute atomic E-state index is 6.11. The molecule has 0 fully saturated rings. The van der Waals surface area contributed by atoms with Gasteiger partial charge >= 0.3 is 0 Å². The minimum absolute atomic E-state index is 0.281. The summed E-state index contributed by atoms with van der Waals surface area (Å²) in [7, 11) is 1.49. The van der Waals surface area contributed by atoms with Crippen LogP contribution in [-0.4, -0.2) is 17.1 Å². The van der Waals surface area contributed by atoms with Gasteiger partial charge in [0.2, 0.25) is 5.88 Å². The summed E-state index contributed by atoms with van der Waals surface area (Å²) in [5, 5.41) is 0.858. The maximum atomic E-state index is 6.11. The van der Waals surface area contributed by atoms with Crippen LogP contribution in [-0.2, 0) is 0 Å². The number of hydrogen-bond acceptors (Lipinski definition) is 4. The lowest BCUT2D eigenvalue weighted by Gasteiger charge is -2.09. The lowest BCUT2D eigenvalue weighted by atomic mass is 10.1. The van der Waals surface area contributed by atoms with Gasteiger partial charge in [-0.05, 0) is 6.07 Å². The van der Waals surface area contributed by atoms with Gasteiger partial charge in [0, 0.05) is 5.56 Å². The van der Waals surface area contributed by atoms with Crippen molar-refractivity contribution in [3.63, 3.8) is 0 Å². The molecule has 6 heteroatoms. The second kappa shape index (κ2) is 4.77. The Morgan fingerprint density at radius 1 is 1.29 bits per heavy atom. The van der Waals surface area contributed by atoms with E-state index in [9.17, 15) is 0 Å². The molecule has 2 aromatic rings. The molecule has 1 aromatic heterocycles. The lowest BCUT2D eigenvalue weighted by molar-refractivity contribution is 0.398. The van der Waals surface area contributed by atoms with Crippen molar-refractivity contribution in [2.24, 2.45) is 0 Å². The highest BCUT2D eigenvalue weighted by molar-refractivity contribution is 6.43. The Morgan fingerprint density at radius 3 is 2.76 bits per heavy atom. The molecule has 2 N–H and O–H groups in total. The van der Waals surface area contributed by atoms with Crippen molar-refractivity contribution >= 4 is 29.0 Å². The third-order valence-corrected chi connectivity index (χ3v) is 2.98. The van der Waals surface area contributed by atoms with Crippen LogP contribution in [0.5, 0.6) is 5.88 Å². The average molecular weight is 270 g/mol. The molecule has 4 nitrogen and oxygen atoms in total. The van der Waals surface area contributed by atoms with Crippen LogP contribution in [0.25, 0.3) is 11.3 Å². The van der Waals surface area contributed by atoms with Gasteiger partial charge in [-0.15, -0.1) is 0 Å². The first-order valence-corrected chi connectivity index (χ1v) is 5.50. The largest absolute Gasteiger partial charge is 0.479 e. The first-order valence-electron chi connectivity index (χ1n) is 4.74. The predicted molar refractivity (Wildman–Crippen MR) is 68.5 cm³/mol. The number of methoxy groups -OCH3 is 1. The van der Waals surface area contributed by atoms with Crippen LogP contribution in [0.4, 0.5) is 5.82 Å². The van der Waals surface area contributed by atoms with Gasteiger partial charge < -0.3 is 10.5 Å². The van der Waals surface area contributed by atoms with Crippen molar-refractivity contribution in [1.82, 2.24) is 9.97 Å². The number of hydrogen-bond donors (Lipinski definition) is 1. The monoisotopic (exact) mass is 269 g/mol. The fraction of sp³-hybridized carbons (Fsp3) is 0.0909.